The molecule has 174 valence electrons. The van der Waals surface area contributed by atoms with Crippen molar-refractivity contribution in [1.82, 2.24) is 14.3 Å². The molecular weight excluding hydrogens is 474 g/mol. The Balaban J connectivity index is 2.13. The maximum Gasteiger partial charge on any atom is 0.341 e. The highest BCUT2D eigenvalue weighted by molar-refractivity contribution is 8.00. The first-order chi connectivity index (χ1) is 15.3. The standard InChI is InChI=1S/C20H25N3O6S3/c1-21-20(25)23(30)32(26,27)18-14-15(5-7-17(18)29-12-11-28-2)9-10-22-19(24)8-6-16-4-3-13-31-16/h3-8,13-14,30H,9-12H2,1-2H3,(H,21,25)(H,22,24)/b8-6+. The van der Waals surface area contributed by atoms with E-state index in [0.717, 1.165) is 4.88 Å². The lowest BCUT2D eigenvalue weighted by molar-refractivity contribution is -0.116. The molecule has 1 aromatic carbocycles. The van der Waals surface area contributed by atoms with E-state index in [1.165, 1.54) is 43.7 Å². The fourth-order valence-corrected chi connectivity index (χ4v) is 4.65. The Bertz CT molecular complexity index is 1040. The summed E-state index contributed by atoms with van der Waals surface area (Å²) in [4.78, 5) is 24.5. The molecule has 0 aliphatic carbocycles. The van der Waals surface area contributed by atoms with Crippen LogP contribution in [-0.4, -0.2) is 58.0 Å². The average Bonchev–Trinajstić information content (AvgIpc) is 3.31. The lowest BCUT2D eigenvalue weighted by Crippen LogP contribution is -2.36. The largest absolute Gasteiger partial charge is 0.490 e. The van der Waals surface area contributed by atoms with Gasteiger partial charge in [-0.2, -0.15) is 12.1 Å². The number of urea groups is 1. The number of amides is 3. The molecule has 1 heterocycles. The highest BCUT2D eigenvalue weighted by atomic mass is 32.3. The number of thiophene rings is 1. The molecule has 2 N–H and O–H groups in total. The van der Waals surface area contributed by atoms with Crippen molar-refractivity contribution in [3.63, 3.8) is 0 Å². The van der Waals surface area contributed by atoms with Gasteiger partial charge in [0.1, 0.15) is 17.3 Å². The molecule has 0 aliphatic heterocycles. The summed E-state index contributed by atoms with van der Waals surface area (Å²) in [7, 11) is -1.50. The molecule has 9 nitrogen and oxygen atoms in total. The Morgan fingerprint density at radius 3 is 2.69 bits per heavy atom. The molecule has 12 heteroatoms. The Kier molecular flexibility index (Phi) is 10.0. The van der Waals surface area contributed by atoms with Gasteiger partial charge in [0.25, 0.3) is 10.0 Å². The first kappa shape index (κ1) is 25.7. The monoisotopic (exact) mass is 499 g/mol. The number of methoxy groups -OCH3 is 1. The number of nitrogens with one attached hydrogen (secondary N) is 2. The van der Waals surface area contributed by atoms with E-state index in [1.54, 1.807) is 12.1 Å². The molecule has 0 aliphatic rings. The van der Waals surface area contributed by atoms with Crippen LogP contribution < -0.4 is 15.4 Å². The van der Waals surface area contributed by atoms with Gasteiger partial charge >= 0.3 is 6.03 Å². The third-order valence-electron chi connectivity index (χ3n) is 4.10. The molecule has 0 unspecified atom stereocenters. The smallest absolute Gasteiger partial charge is 0.341 e. The molecule has 0 fully saturated rings. The number of hydrogen-bond acceptors (Lipinski definition) is 8. The van der Waals surface area contributed by atoms with Crippen LogP contribution >= 0.6 is 24.2 Å². The Hall–Kier alpha value is -2.54. The van der Waals surface area contributed by atoms with Crippen molar-refractivity contribution in [2.24, 2.45) is 0 Å². The minimum atomic E-state index is -4.29. The number of rotatable bonds is 11. The second-order valence-corrected chi connectivity index (χ2v) is 9.72. The average molecular weight is 500 g/mol. The third kappa shape index (κ3) is 7.26. The van der Waals surface area contributed by atoms with E-state index in [-0.39, 0.29) is 36.3 Å². The summed E-state index contributed by atoms with van der Waals surface area (Å²) in [5, 5.41) is 6.88. The molecule has 0 saturated carbocycles. The van der Waals surface area contributed by atoms with Gasteiger partial charge in [0, 0.05) is 31.7 Å². The number of benzene rings is 1. The van der Waals surface area contributed by atoms with Gasteiger partial charge in [-0.3, -0.25) is 4.79 Å². The van der Waals surface area contributed by atoms with Crippen molar-refractivity contribution >= 4 is 52.2 Å². The zero-order valence-electron chi connectivity index (χ0n) is 17.6. The molecule has 1 aromatic heterocycles. The first-order valence-corrected chi connectivity index (χ1v) is 12.2. The number of carbonyl (C=O) groups is 2. The minimum absolute atomic E-state index is 0.0664. The van der Waals surface area contributed by atoms with Crippen LogP contribution in [0, 0.1) is 0 Å². The minimum Gasteiger partial charge on any atom is -0.490 e. The van der Waals surface area contributed by atoms with Gasteiger partial charge in [0.15, 0.2) is 0 Å². The van der Waals surface area contributed by atoms with Crippen LogP contribution in [-0.2, 0) is 26.0 Å². The van der Waals surface area contributed by atoms with E-state index in [9.17, 15) is 18.0 Å². The van der Waals surface area contributed by atoms with Gasteiger partial charge < -0.3 is 20.1 Å². The molecule has 0 atom stereocenters. The third-order valence-corrected chi connectivity index (χ3v) is 7.26. The quantitative estimate of drug-likeness (QED) is 0.248. The zero-order chi connectivity index (χ0) is 23.6. The van der Waals surface area contributed by atoms with Gasteiger partial charge in [-0.15, -0.1) is 11.3 Å². The number of ether oxygens (including phenoxy) is 2. The molecule has 0 bridgehead atoms. The molecule has 0 radical (unpaired) electrons. The molecule has 0 saturated heterocycles. The number of sulfonamides is 1. The summed E-state index contributed by atoms with van der Waals surface area (Å²) in [6.45, 7) is 0.668. The van der Waals surface area contributed by atoms with Crippen LogP contribution in [0.2, 0.25) is 0 Å². The molecule has 2 aromatic rings. The summed E-state index contributed by atoms with van der Waals surface area (Å²) in [6.07, 6.45) is 3.53. The Morgan fingerprint density at radius 1 is 1.25 bits per heavy atom. The van der Waals surface area contributed by atoms with Gasteiger partial charge in [0.05, 0.1) is 6.61 Å². The topological polar surface area (TPSA) is 114 Å². The van der Waals surface area contributed by atoms with E-state index in [2.05, 4.69) is 23.4 Å². The zero-order valence-corrected chi connectivity index (χ0v) is 20.1. The second kappa shape index (κ2) is 12.5. The second-order valence-electron chi connectivity index (χ2n) is 6.32. The lowest BCUT2D eigenvalue weighted by atomic mass is 10.1. The van der Waals surface area contributed by atoms with Crippen molar-refractivity contribution in [1.29, 1.82) is 0 Å². The van der Waals surface area contributed by atoms with Crippen LogP contribution in [0.4, 0.5) is 4.79 Å². The van der Waals surface area contributed by atoms with Gasteiger partial charge in [-0.1, -0.05) is 12.1 Å². The van der Waals surface area contributed by atoms with E-state index in [4.69, 9.17) is 9.47 Å². The number of hydrogen-bond donors (Lipinski definition) is 3. The van der Waals surface area contributed by atoms with Crippen LogP contribution in [0.25, 0.3) is 6.08 Å². The summed E-state index contributed by atoms with van der Waals surface area (Å²) in [5.74, 6) is -0.191. The predicted octanol–water partition coefficient (Wildman–Crippen LogP) is 2.32. The highest BCUT2D eigenvalue weighted by Crippen LogP contribution is 2.29. The van der Waals surface area contributed by atoms with E-state index >= 15 is 0 Å². The number of nitrogens with zero attached hydrogens (tertiary/aromatic N) is 1. The fraction of sp³-hybridized carbons (Fsp3) is 0.300. The number of thiol groups is 1. The molecule has 3 amide bonds. The molecular formula is C20H25N3O6S3. The van der Waals surface area contributed by atoms with Crippen molar-refractivity contribution in [2.45, 2.75) is 11.3 Å². The van der Waals surface area contributed by atoms with Gasteiger partial charge in [-0.25, -0.2) is 4.79 Å². The van der Waals surface area contributed by atoms with Crippen molar-refractivity contribution in [3.05, 3.63) is 52.2 Å². The van der Waals surface area contributed by atoms with E-state index < -0.39 is 16.1 Å². The van der Waals surface area contributed by atoms with E-state index in [0.29, 0.717) is 15.7 Å². The Morgan fingerprint density at radius 2 is 2.03 bits per heavy atom. The SMILES string of the molecule is CNC(=O)N(S)S(=O)(=O)c1cc(CCNC(=O)/C=C/c2cccs2)ccc1OCCOC. The Labute approximate surface area is 197 Å². The van der Waals surface area contributed by atoms with E-state index in [1.807, 2.05) is 17.5 Å². The van der Waals surface area contributed by atoms with Crippen LogP contribution in [0.1, 0.15) is 10.4 Å². The maximum atomic E-state index is 12.9. The summed E-state index contributed by atoms with van der Waals surface area (Å²) in [5.41, 5.74) is 0.629. The normalized spacial score (nSPS) is 11.3. The summed E-state index contributed by atoms with van der Waals surface area (Å²) in [6, 6.07) is 7.48. The lowest BCUT2D eigenvalue weighted by Gasteiger charge is -2.19. The van der Waals surface area contributed by atoms with Crippen molar-refractivity contribution in [2.75, 3.05) is 33.9 Å². The van der Waals surface area contributed by atoms with Crippen LogP contribution in [0.5, 0.6) is 5.75 Å². The maximum absolute atomic E-state index is 12.9. The number of carbonyl (C=O) groups excluding carboxylic acids is 2. The van der Waals surface area contributed by atoms with Crippen LogP contribution in [0.3, 0.4) is 0 Å². The van der Waals surface area contributed by atoms with Gasteiger partial charge in [0.2, 0.25) is 5.91 Å². The molecule has 32 heavy (non-hydrogen) atoms. The molecule has 0 spiro atoms. The van der Waals surface area contributed by atoms with Gasteiger partial charge in [-0.05, 0) is 54.5 Å². The summed E-state index contributed by atoms with van der Waals surface area (Å²) >= 11 is 5.34. The summed E-state index contributed by atoms with van der Waals surface area (Å²) < 4.78 is 36.6. The van der Waals surface area contributed by atoms with Crippen molar-refractivity contribution in [3.8, 4) is 5.75 Å². The predicted molar refractivity (Wildman–Crippen MR) is 126 cm³/mol. The first-order valence-electron chi connectivity index (χ1n) is 9.49. The molecule has 2 rings (SSSR count). The fourth-order valence-electron chi connectivity index (χ4n) is 2.49. The van der Waals surface area contributed by atoms with Crippen molar-refractivity contribution < 1.29 is 27.5 Å². The van der Waals surface area contributed by atoms with Crippen LogP contribution in [0.15, 0.2) is 46.7 Å². The highest BCUT2D eigenvalue weighted by Gasteiger charge is 2.30.